The fourth-order valence-corrected chi connectivity index (χ4v) is 2.59. The standard InChI is InChI=1S/C7H14N2O/c8-9(10)7-4-5-1-2-6(7)3-5/h5-7,9H,1-4,8H2. The van der Waals surface area contributed by atoms with Crippen LogP contribution in [0.1, 0.15) is 25.7 Å². The Hall–Kier alpha value is -0.120. The molecule has 2 fully saturated rings. The van der Waals surface area contributed by atoms with Gasteiger partial charge >= 0.3 is 0 Å². The summed E-state index contributed by atoms with van der Waals surface area (Å²) in [6, 6.07) is 0.235. The fourth-order valence-electron chi connectivity index (χ4n) is 2.59. The molecule has 3 heteroatoms. The van der Waals surface area contributed by atoms with E-state index in [-0.39, 0.29) is 11.2 Å². The van der Waals surface area contributed by atoms with Gasteiger partial charge in [-0.05, 0) is 25.2 Å². The monoisotopic (exact) mass is 142 g/mol. The second-order valence-electron chi connectivity index (χ2n) is 3.68. The van der Waals surface area contributed by atoms with Crippen LogP contribution in [-0.2, 0) is 0 Å². The normalized spacial score (nSPS) is 48.0. The van der Waals surface area contributed by atoms with E-state index in [0.717, 1.165) is 12.3 Å². The molecule has 0 aromatic heterocycles. The minimum Gasteiger partial charge on any atom is -0.613 e. The summed E-state index contributed by atoms with van der Waals surface area (Å²) in [6.07, 6.45) is 4.94. The summed E-state index contributed by atoms with van der Waals surface area (Å²) in [6.45, 7) is 0. The lowest BCUT2D eigenvalue weighted by Gasteiger charge is -2.29. The summed E-state index contributed by atoms with van der Waals surface area (Å²) in [5.41, 5.74) is 0. The fraction of sp³-hybridized carbons (Fsp3) is 1.00. The molecule has 0 heterocycles. The van der Waals surface area contributed by atoms with E-state index in [9.17, 15) is 5.21 Å². The molecule has 10 heavy (non-hydrogen) atoms. The van der Waals surface area contributed by atoms with Crippen molar-refractivity contribution in [3.63, 3.8) is 0 Å². The van der Waals surface area contributed by atoms with Crippen LogP contribution < -0.4 is 11.0 Å². The highest BCUT2D eigenvalue weighted by Crippen LogP contribution is 2.43. The van der Waals surface area contributed by atoms with Gasteiger partial charge in [-0.2, -0.15) is 5.84 Å². The Bertz CT molecular complexity index is 138. The zero-order valence-corrected chi connectivity index (χ0v) is 6.05. The average Bonchev–Trinajstić information content (AvgIpc) is 2.44. The summed E-state index contributed by atoms with van der Waals surface area (Å²) in [4.78, 5) is 0. The molecule has 2 aliphatic rings. The van der Waals surface area contributed by atoms with E-state index in [4.69, 9.17) is 5.84 Å². The molecular weight excluding hydrogens is 128 g/mol. The van der Waals surface area contributed by atoms with Crippen molar-refractivity contribution >= 4 is 0 Å². The molecule has 4 atom stereocenters. The first-order valence-corrected chi connectivity index (χ1v) is 4.06. The van der Waals surface area contributed by atoms with E-state index < -0.39 is 0 Å². The predicted molar refractivity (Wildman–Crippen MR) is 37.8 cm³/mol. The third-order valence-corrected chi connectivity index (χ3v) is 3.10. The number of hydroxylamine groups is 1. The maximum absolute atomic E-state index is 10.8. The molecule has 58 valence electrons. The smallest absolute Gasteiger partial charge is 0.108 e. The first kappa shape index (κ1) is 6.58. The highest BCUT2D eigenvalue weighted by molar-refractivity contribution is 4.89. The van der Waals surface area contributed by atoms with Gasteiger partial charge in [0.2, 0.25) is 0 Å². The lowest BCUT2D eigenvalue weighted by molar-refractivity contribution is -0.892. The van der Waals surface area contributed by atoms with Crippen LogP contribution in [0.2, 0.25) is 0 Å². The maximum atomic E-state index is 10.8. The summed E-state index contributed by atoms with van der Waals surface area (Å²) in [5.74, 6) is 6.74. The minimum absolute atomic E-state index is 0.0628. The molecule has 0 spiro atoms. The van der Waals surface area contributed by atoms with Crippen LogP contribution in [0.15, 0.2) is 0 Å². The molecule has 0 radical (unpaired) electrons. The van der Waals surface area contributed by atoms with E-state index in [1.54, 1.807) is 0 Å². The van der Waals surface area contributed by atoms with Crippen molar-refractivity contribution in [2.24, 2.45) is 17.7 Å². The highest BCUT2D eigenvalue weighted by Gasteiger charge is 2.42. The molecule has 0 saturated heterocycles. The second kappa shape index (κ2) is 2.19. The Balaban J connectivity index is 2.02. The Kier molecular flexibility index (Phi) is 1.44. The second-order valence-corrected chi connectivity index (χ2v) is 3.68. The van der Waals surface area contributed by atoms with Crippen molar-refractivity contribution in [1.29, 1.82) is 0 Å². The van der Waals surface area contributed by atoms with Crippen molar-refractivity contribution in [1.82, 2.24) is 0 Å². The first-order valence-electron chi connectivity index (χ1n) is 4.06. The Morgan fingerprint density at radius 3 is 2.40 bits per heavy atom. The van der Waals surface area contributed by atoms with Gasteiger partial charge in [0, 0.05) is 12.3 Å². The van der Waals surface area contributed by atoms with Crippen LogP contribution in [0.25, 0.3) is 0 Å². The van der Waals surface area contributed by atoms with Crippen LogP contribution >= 0.6 is 0 Å². The summed E-state index contributed by atoms with van der Waals surface area (Å²) >= 11 is 0. The topological polar surface area (TPSA) is 53.5 Å². The summed E-state index contributed by atoms with van der Waals surface area (Å²) in [5, 5.41) is 10.8. The molecule has 0 aliphatic heterocycles. The number of rotatable bonds is 1. The number of nitrogens with one attached hydrogen (secondary N) is 1. The van der Waals surface area contributed by atoms with Gasteiger partial charge in [0.25, 0.3) is 0 Å². The molecule has 2 bridgehead atoms. The molecule has 3 N–H and O–H groups in total. The van der Waals surface area contributed by atoms with Crippen LogP contribution in [0.3, 0.4) is 0 Å². The molecule has 2 saturated carbocycles. The van der Waals surface area contributed by atoms with E-state index in [1.165, 1.54) is 19.3 Å². The average molecular weight is 142 g/mol. The van der Waals surface area contributed by atoms with Crippen LogP contribution in [0, 0.1) is 17.0 Å². The van der Waals surface area contributed by atoms with Gasteiger partial charge in [-0.25, -0.2) is 0 Å². The lowest BCUT2D eigenvalue weighted by atomic mass is 9.96. The maximum Gasteiger partial charge on any atom is 0.108 e. The molecule has 0 amide bonds. The van der Waals surface area contributed by atoms with Gasteiger partial charge in [-0.3, -0.25) is 5.17 Å². The van der Waals surface area contributed by atoms with Crippen molar-refractivity contribution in [2.75, 3.05) is 0 Å². The number of hydrogen-bond donors (Lipinski definition) is 2. The third-order valence-electron chi connectivity index (χ3n) is 3.10. The van der Waals surface area contributed by atoms with Gasteiger partial charge in [0.15, 0.2) is 0 Å². The first-order chi connectivity index (χ1) is 4.77. The van der Waals surface area contributed by atoms with Crippen molar-refractivity contribution in [3.8, 4) is 0 Å². The molecular formula is C7H14N2O. The predicted octanol–water partition coefficient (Wildman–Crippen LogP) is -0.569. The zero-order valence-electron chi connectivity index (χ0n) is 6.05. The number of quaternary nitrogens is 1. The van der Waals surface area contributed by atoms with Crippen molar-refractivity contribution in [2.45, 2.75) is 31.7 Å². The van der Waals surface area contributed by atoms with E-state index in [2.05, 4.69) is 0 Å². The number of fused-ring (bicyclic) bond motifs is 2. The Labute approximate surface area is 60.7 Å². The largest absolute Gasteiger partial charge is 0.613 e. The Morgan fingerprint density at radius 2 is 2.10 bits per heavy atom. The van der Waals surface area contributed by atoms with Gasteiger partial charge in [-0.15, -0.1) is 0 Å². The van der Waals surface area contributed by atoms with Crippen LogP contribution in [0.5, 0.6) is 0 Å². The van der Waals surface area contributed by atoms with Gasteiger partial charge in [0.1, 0.15) is 6.04 Å². The molecule has 3 nitrogen and oxygen atoms in total. The molecule has 2 aliphatic carbocycles. The zero-order chi connectivity index (χ0) is 7.14. The van der Waals surface area contributed by atoms with E-state index in [0.29, 0.717) is 5.92 Å². The van der Waals surface area contributed by atoms with Gasteiger partial charge < -0.3 is 5.21 Å². The molecule has 0 aromatic rings. The van der Waals surface area contributed by atoms with Crippen molar-refractivity contribution in [3.05, 3.63) is 5.21 Å². The van der Waals surface area contributed by atoms with E-state index in [1.807, 2.05) is 0 Å². The SMILES string of the molecule is N[NH+]([O-])C1CC2CCC1C2. The van der Waals surface area contributed by atoms with Crippen molar-refractivity contribution < 1.29 is 5.17 Å². The van der Waals surface area contributed by atoms with Gasteiger partial charge in [-0.1, -0.05) is 0 Å². The summed E-state index contributed by atoms with van der Waals surface area (Å²) in [7, 11) is 0. The third kappa shape index (κ3) is 0.856. The van der Waals surface area contributed by atoms with Crippen LogP contribution in [0.4, 0.5) is 0 Å². The highest BCUT2D eigenvalue weighted by atomic mass is 16.5. The van der Waals surface area contributed by atoms with E-state index >= 15 is 0 Å². The number of hydrogen-bond acceptors (Lipinski definition) is 2. The molecule has 4 unspecified atom stereocenters. The molecule has 2 rings (SSSR count). The molecule has 0 aromatic carbocycles. The minimum atomic E-state index is -0.0628. The van der Waals surface area contributed by atoms with Crippen LogP contribution in [-0.4, -0.2) is 6.04 Å². The lowest BCUT2D eigenvalue weighted by Crippen LogP contribution is -3.17. The quantitative estimate of drug-likeness (QED) is 0.380. The summed E-state index contributed by atoms with van der Waals surface area (Å²) < 4.78 is 0. The number of nitrogens with two attached hydrogens (primary N) is 1. The van der Waals surface area contributed by atoms with Gasteiger partial charge in [0.05, 0.1) is 0 Å². The Morgan fingerprint density at radius 1 is 1.30 bits per heavy atom.